The first-order valence-electron chi connectivity index (χ1n) is 11.5. The highest BCUT2D eigenvalue weighted by molar-refractivity contribution is 5.97. The number of H-pyrrole nitrogens is 1. The Hall–Kier alpha value is -3.38. The fourth-order valence-corrected chi connectivity index (χ4v) is 3.68. The lowest BCUT2D eigenvalue weighted by molar-refractivity contribution is -0.127. The summed E-state index contributed by atoms with van der Waals surface area (Å²) in [6.07, 6.45) is 5.28. The molecular formula is C27H33N3O3. The van der Waals surface area contributed by atoms with Crippen LogP contribution in [0.4, 0.5) is 0 Å². The highest BCUT2D eigenvalue weighted by Gasteiger charge is 2.23. The second kappa shape index (κ2) is 12.0. The van der Waals surface area contributed by atoms with E-state index in [1.165, 1.54) is 0 Å². The van der Waals surface area contributed by atoms with E-state index in [4.69, 9.17) is 4.84 Å². The van der Waals surface area contributed by atoms with E-state index in [-0.39, 0.29) is 17.6 Å². The maximum atomic E-state index is 13.2. The molecule has 1 heterocycles. The number of nitrogens with one attached hydrogen (secondary N) is 3. The zero-order chi connectivity index (χ0) is 23.6. The number of allylic oxidation sites excluding steroid dienone is 1. The lowest BCUT2D eigenvalue weighted by Crippen LogP contribution is -2.45. The summed E-state index contributed by atoms with van der Waals surface area (Å²) in [4.78, 5) is 34.9. The van der Waals surface area contributed by atoms with E-state index >= 15 is 0 Å². The quantitative estimate of drug-likeness (QED) is 0.274. The minimum atomic E-state index is -0.622. The van der Waals surface area contributed by atoms with Gasteiger partial charge < -0.3 is 10.3 Å². The summed E-state index contributed by atoms with van der Waals surface area (Å²) in [5.74, 6) is -0.215. The van der Waals surface area contributed by atoms with Crippen LogP contribution in [-0.2, 0) is 27.5 Å². The number of rotatable bonds is 12. The average molecular weight is 448 g/mol. The van der Waals surface area contributed by atoms with Gasteiger partial charge in [-0.25, -0.2) is 0 Å². The highest BCUT2D eigenvalue weighted by Crippen LogP contribution is 2.20. The van der Waals surface area contributed by atoms with Crippen molar-refractivity contribution in [3.8, 4) is 0 Å². The SMILES string of the molecule is CCCC(=O)C(Cc1c[nH]c2ccccc12)NC(=O)C(=CC(C)C)NOCc1ccccc1. The highest BCUT2D eigenvalue weighted by atomic mass is 16.6. The van der Waals surface area contributed by atoms with Gasteiger partial charge in [0, 0.05) is 29.9 Å². The van der Waals surface area contributed by atoms with Gasteiger partial charge in [0.1, 0.15) is 5.70 Å². The molecule has 0 radical (unpaired) electrons. The summed E-state index contributed by atoms with van der Waals surface area (Å²) in [5, 5.41) is 4.00. The van der Waals surface area contributed by atoms with Crippen molar-refractivity contribution in [1.29, 1.82) is 0 Å². The molecule has 1 unspecified atom stereocenters. The van der Waals surface area contributed by atoms with Crippen LogP contribution in [0.3, 0.4) is 0 Å². The molecule has 3 rings (SSSR count). The number of hydroxylamine groups is 1. The minimum Gasteiger partial charge on any atom is -0.361 e. The number of carbonyl (C=O) groups is 2. The largest absolute Gasteiger partial charge is 0.361 e. The minimum absolute atomic E-state index is 0.0187. The van der Waals surface area contributed by atoms with Crippen molar-refractivity contribution in [2.24, 2.45) is 5.92 Å². The Morgan fingerprint density at radius 3 is 2.52 bits per heavy atom. The van der Waals surface area contributed by atoms with Gasteiger partial charge in [0.2, 0.25) is 0 Å². The molecule has 1 aromatic heterocycles. The molecule has 0 fully saturated rings. The Labute approximate surface area is 195 Å². The Bertz CT molecular complexity index is 1090. The number of hydrogen-bond donors (Lipinski definition) is 3. The third-order valence-electron chi connectivity index (χ3n) is 5.30. The summed E-state index contributed by atoms with van der Waals surface area (Å²) < 4.78 is 0. The lowest BCUT2D eigenvalue weighted by Gasteiger charge is -2.19. The molecule has 33 heavy (non-hydrogen) atoms. The summed E-state index contributed by atoms with van der Waals surface area (Å²) in [5.41, 5.74) is 6.10. The van der Waals surface area contributed by atoms with Gasteiger partial charge in [-0.3, -0.25) is 19.9 Å². The molecule has 0 spiro atoms. The van der Waals surface area contributed by atoms with Crippen molar-refractivity contribution in [3.63, 3.8) is 0 Å². The molecule has 0 aliphatic carbocycles. The fourth-order valence-electron chi connectivity index (χ4n) is 3.68. The number of benzene rings is 2. The maximum Gasteiger partial charge on any atom is 0.269 e. The number of para-hydroxylation sites is 1. The molecule has 2 aromatic carbocycles. The van der Waals surface area contributed by atoms with Gasteiger partial charge in [-0.2, -0.15) is 0 Å². The van der Waals surface area contributed by atoms with Crippen molar-refractivity contribution in [1.82, 2.24) is 15.8 Å². The number of amides is 1. The number of aromatic amines is 1. The van der Waals surface area contributed by atoms with Gasteiger partial charge in [0.05, 0.1) is 12.6 Å². The van der Waals surface area contributed by atoms with E-state index in [1.54, 1.807) is 6.08 Å². The van der Waals surface area contributed by atoms with E-state index in [1.807, 2.05) is 81.6 Å². The van der Waals surface area contributed by atoms with Crippen molar-refractivity contribution in [2.75, 3.05) is 0 Å². The van der Waals surface area contributed by atoms with Crippen LogP contribution in [0.5, 0.6) is 0 Å². The van der Waals surface area contributed by atoms with Crippen LogP contribution in [0.1, 0.15) is 44.7 Å². The normalized spacial score (nSPS) is 12.7. The molecule has 1 amide bonds. The summed E-state index contributed by atoms with van der Waals surface area (Å²) >= 11 is 0. The lowest BCUT2D eigenvalue weighted by atomic mass is 9.99. The zero-order valence-electron chi connectivity index (χ0n) is 19.6. The maximum absolute atomic E-state index is 13.2. The Morgan fingerprint density at radius 2 is 1.79 bits per heavy atom. The van der Waals surface area contributed by atoms with Gasteiger partial charge in [0.15, 0.2) is 5.78 Å². The predicted octanol–water partition coefficient (Wildman–Crippen LogP) is 4.83. The monoisotopic (exact) mass is 447 g/mol. The molecule has 0 aliphatic rings. The third kappa shape index (κ3) is 7.05. The van der Waals surface area contributed by atoms with Crippen molar-refractivity contribution in [3.05, 3.63) is 83.7 Å². The zero-order valence-corrected chi connectivity index (χ0v) is 19.6. The second-order valence-electron chi connectivity index (χ2n) is 8.51. The molecule has 3 N–H and O–H groups in total. The van der Waals surface area contributed by atoms with Crippen LogP contribution < -0.4 is 10.8 Å². The first-order valence-corrected chi connectivity index (χ1v) is 11.5. The van der Waals surface area contributed by atoms with E-state index in [9.17, 15) is 9.59 Å². The van der Waals surface area contributed by atoms with E-state index in [0.717, 1.165) is 28.5 Å². The van der Waals surface area contributed by atoms with E-state index in [0.29, 0.717) is 25.1 Å². The number of ketones is 1. The molecule has 174 valence electrons. The average Bonchev–Trinajstić information content (AvgIpc) is 3.21. The summed E-state index contributed by atoms with van der Waals surface area (Å²) in [6.45, 7) is 6.25. The van der Waals surface area contributed by atoms with E-state index in [2.05, 4.69) is 15.8 Å². The van der Waals surface area contributed by atoms with Gasteiger partial charge >= 0.3 is 0 Å². The summed E-state index contributed by atoms with van der Waals surface area (Å²) in [7, 11) is 0. The Morgan fingerprint density at radius 1 is 1.06 bits per heavy atom. The number of fused-ring (bicyclic) bond motifs is 1. The van der Waals surface area contributed by atoms with Gasteiger partial charge in [-0.05, 0) is 29.5 Å². The standard InChI is InChI=1S/C27H33N3O3/c1-4-10-26(31)24(16-21-17-28-23-14-9-8-13-22(21)23)29-27(32)25(15-19(2)3)30-33-18-20-11-6-5-7-12-20/h5-9,11-15,17,19,24,28,30H,4,10,16,18H2,1-3H3,(H,29,32). The molecule has 6 heteroatoms. The molecule has 0 saturated carbocycles. The van der Waals surface area contributed by atoms with Crippen LogP contribution in [0.2, 0.25) is 0 Å². The topological polar surface area (TPSA) is 83.2 Å². The molecule has 0 aliphatic heterocycles. The molecule has 3 aromatic rings. The first kappa shape index (κ1) is 24.3. The Kier molecular flexibility index (Phi) is 8.84. The van der Waals surface area contributed by atoms with Crippen LogP contribution in [0.15, 0.2) is 72.6 Å². The van der Waals surface area contributed by atoms with Crippen LogP contribution in [-0.4, -0.2) is 22.7 Å². The van der Waals surface area contributed by atoms with Crippen molar-refractivity contribution >= 4 is 22.6 Å². The van der Waals surface area contributed by atoms with Crippen LogP contribution >= 0.6 is 0 Å². The smallest absolute Gasteiger partial charge is 0.269 e. The van der Waals surface area contributed by atoms with Crippen LogP contribution in [0.25, 0.3) is 10.9 Å². The molecule has 0 bridgehead atoms. The Balaban J connectivity index is 1.72. The van der Waals surface area contributed by atoms with Gasteiger partial charge in [-0.15, -0.1) is 0 Å². The number of aromatic nitrogens is 1. The van der Waals surface area contributed by atoms with Gasteiger partial charge in [0.25, 0.3) is 5.91 Å². The predicted molar refractivity (Wildman–Crippen MR) is 131 cm³/mol. The van der Waals surface area contributed by atoms with E-state index < -0.39 is 6.04 Å². The van der Waals surface area contributed by atoms with Crippen LogP contribution in [0, 0.1) is 5.92 Å². The molecule has 6 nitrogen and oxygen atoms in total. The first-order chi connectivity index (χ1) is 16.0. The second-order valence-corrected chi connectivity index (χ2v) is 8.51. The summed E-state index contributed by atoms with van der Waals surface area (Å²) in [6, 6.07) is 17.1. The van der Waals surface area contributed by atoms with Gasteiger partial charge in [-0.1, -0.05) is 75.4 Å². The molecule has 1 atom stereocenters. The third-order valence-corrected chi connectivity index (χ3v) is 5.30. The fraction of sp³-hybridized carbons (Fsp3) is 0.333. The van der Waals surface area contributed by atoms with Crippen molar-refractivity contribution < 1.29 is 14.4 Å². The number of Topliss-reactive ketones (excluding diaryl/α,β-unsaturated/α-hetero) is 1. The number of carbonyl (C=O) groups excluding carboxylic acids is 2. The number of hydrogen-bond acceptors (Lipinski definition) is 4. The molecular weight excluding hydrogens is 414 g/mol. The van der Waals surface area contributed by atoms with Crippen molar-refractivity contribution in [2.45, 2.75) is 52.7 Å². The molecule has 0 saturated heterocycles.